The summed E-state index contributed by atoms with van der Waals surface area (Å²) >= 11 is 0. The Bertz CT molecular complexity index is 414. The number of hydrogen-bond donors (Lipinski definition) is 2. The van der Waals surface area contributed by atoms with Gasteiger partial charge in [0, 0.05) is 52.4 Å². The summed E-state index contributed by atoms with van der Waals surface area (Å²) in [4.78, 5) is 30.4. The van der Waals surface area contributed by atoms with Crippen LogP contribution in [0.15, 0.2) is 0 Å². The molecule has 0 aromatic rings. The van der Waals surface area contributed by atoms with Gasteiger partial charge in [-0.2, -0.15) is 0 Å². The molecule has 0 aromatic heterocycles. The SMILES string of the molecule is CCC(CC)(C(=O)NN1CCN(C)CC1)C(=O)NN1CCN(C)CC1. The second-order valence-electron chi connectivity index (χ2n) is 7.25. The van der Waals surface area contributed by atoms with Gasteiger partial charge in [0.25, 0.3) is 0 Å². The molecule has 8 nitrogen and oxygen atoms in total. The van der Waals surface area contributed by atoms with E-state index in [1.54, 1.807) is 0 Å². The zero-order valence-corrected chi connectivity index (χ0v) is 16.2. The third kappa shape index (κ3) is 4.91. The molecule has 0 aromatic carbocycles. The van der Waals surface area contributed by atoms with Crippen molar-refractivity contribution >= 4 is 11.8 Å². The van der Waals surface area contributed by atoms with Crippen molar-refractivity contribution in [1.82, 2.24) is 30.7 Å². The molecule has 0 aliphatic carbocycles. The number of carbonyl (C=O) groups is 2. The number of rotatable bonds is 6. The first-order chi connectivity index (χ1) is 11.9. The molecular weight excluding hydrogens is 320 g/mol. The molecule has 0 unspecified atom stereocenters. The van der Waals surface area contributed by atoms with Crippen LogP contribution < -0.4 is 10.9 Å². The molecule has 144 valence electrons. The van der Waals surface area contributed by atoms with Crippen molar-refractivity contribution in [1.29, 1.82) is 0 Å². The Morgan fingerprint density at radius 1 is 0.720 bits per heavy atom. The lowest BCUT2D eigenvalue weighted by molar-refractivity contribution is -0.151. The van der Waals surface area contributed by atoms with Crippen LogP contribution in [0.1, 0.15) is 26.7 Å². The average Bonchev–Trinajstić information content (AvgIpc) is 2.60. The predicted molar refractivity (Wildman–Crippen MR) is 97.4 cm³/mol. The summed E-state index contributed by atoms with van der Waals surface area (Å²) in [6.07, 6.45) is 0.977. The van der Waals surface area contributed by atoms with Gasteiger partial charge in [0.2, 0.25) is 11.8 Å². The maximum Gasteiger partial charge on any atom is 0.250 e. The Morgan fingerprint density at radius 3 is 1.32 bits per heavy atom. The Labute approximate surface area is 151 Å². The lowest BCUT2D eigenvalue weighted by Gasteiger charge is -2.38. The monoisotopic (exact) mass is 354 g/mol. The molecule has 2 amide bonds. The topological polar surface area (TPSA) is 71.2 Å². The first-order valence-corrected chi connectivity index (χ1v) is 9.40. The number of hydrazine groups is 2. The largest absolute Gasteiger partial charge is 0.304 e. The van der Waals surface area contributed by atoms with Crippen molar-refractivity contribution < 1.29 is 9.59 Å². The van der Waals surface area contributed by atoms with Crippen LogP contribution in [0.5, 0.6) is 0 Å². The second kappa shape index (κ2) is 8.93. The van der Waals surface area contributed by atoms with E-state index in [2.05, 4.69) is 34.7 Å². The number of nitrogens with zero attached hydrogens (tertiary/aromatic N) is 4. The lowest BCUT2D eigenvalue weighted by Crippen LogP contribution is -2.61. The molecule has 2 aliphatic rings. The molecule has 0 radical (unpaired) electrons. The van der Waals surface area contributed by atoms with Crippen LogP contribution >= 0.6 is 0 Å². The number of carbonyl (C=O) groups excluding carboxylic acids is 2. The highest BCUT2D eigenvalue weighted by atomic mass is 16.2. The van der Waals surface area contributed by atoms with Gasteiger partial charge in [-0.3, -0.25) is 20.4 Å². The number of amides is 2. The third-order valence-electron chi connectivity index (χ3n) is 5.60. The molecule has 0 saturated carbocycles. The van der Waals surface area contributed by atoms with Crippen LogP contribution in [0.25, 0.3) is 0 Å². The summed E-state index contributed by atoms with van der Waals surface area (Å²) in [5.74, 6) is -0.373. The maximum absolute atomic E-state index is 13.0. The van der Waals surface area contributed by atoms with Gasteiger partial charge in [-0.25, -0.2) is 10.0 Å². The van der Waals surface area contributed by atoms with E-state index in [4.69, 9.17) is 0 Å². The third-order valence-corrected chi connectivity index (χ3v) is 5.60. The van der Waals surface area contributed by atoms with Gasteiger partial charge < -0.3 is 9.80 Å². The van der Waals surface area contributed by atoms with Gasteiger partial charge in [-0.1, -0.05) is 13.8 Å². The van der Waals surface area contributed by atoms with Crippen LogP contribution in [0.2, 0.25) is 0 Å². The normalized spacial score (nSPS) is 21.9. The Balaban J connectivity index is 1.97. The fraction of sp³-hybridized carbons (Fsp3) is 0.882. The van der Waals surface area contributed by atoms with Gasteiger partial charge >= 0.3 is 0 Å². The summed E-state index contributed by atoms with van der Waals surface area (Å²) in [6, 6.07) is 0. The molecule has 25 heavy (non-hydrogen) atoms. The molecule has 2 rings (SSSR count). The Hall–Kier alpha value is -1.22. The first-order valence-electron chi connectivity index (χ1n) is 9.40. The standard InChI is InChI=1S/C17H34N6O2/c1-5-17(6-2,15(24)18-22-11-7-20(3)8-12-22)16(25)19-23-13-9-21(4)10-14-23/h5-14H2,1-4H3,(H,18,24)(H,19,25). The highest BCUT2D eigenvalue weighted by Gasteiger charge is 2.44. The van der Waals surface area contributed by atoms with Crippen molar-refractivity contribution in [2.45, 2.75) is 26.7 Å². The van der Waals surface area contributed by atoms with E-state index in [1.165, 1.54) is 0 Å². The number of nitrogens with one attached hydrogen (secondary N) is 2. The Kier molecular flexibility index (Phi) is 7.18. The molecule has 0 atom stereocenters. The molecule has 2 aliphatic heterocycles. The number of hydrogen-bond acceptors (Lipinski definition) is 6. The highest BCUT2D eigenvalue weighted by molar-refractivity contribution is 6.04. The molecular formula is C17H34N6O2. The van der Waals surface area contributed by atoms with Crippen LogP contribution in [0, 0.1) is 5.41 Å². The fourth-order valence-electron chi connectivity index (χ4n) is 3.33. The summed E-state index contributed by atoms with van der Waals surface area (Å²) in [6.45, 7) is 10.6. The van der Waals surface area contributed by atoms with Crippen molar-refractivity contribution in [2.75, 3.05) is 66.5 Å². The van der Waals surface area contributed by atoms with Gasteiger partial charge in [-0.05, 0) is 26.9 Å². The molecule has 2 saturated heterocycles. The zero-order chi connectivity index (χ0) is 18.4. The lowest BCUT2D eigenvalue weighted by atomic mass is 9.80. The van der Waals surface area contributed by atoms with Crippen LogP contribution in [0.4, 0.5) is 0 Å². The smallest absolute Gasteiger partial charge is 0.250 e. The molecule has 2 N–H and O–H groups in total. The van der Waals surface area contributed by atoms with Crippen molar-refractivity contribution in [3.05, 3.63) is 0 Å². The minimum Gasteiger partial charge on any atom is -0.304 e. The van der Waals surface area contributed by atoms with Crippen molar-refractivity contribution in [3.63, 3.8) is 0 Å². The van der Waals surface area contributed by atoms with E-state index in [-0.39, 0.29) is 11.8 Å². The van der Waals surface area contributed by atoms with Crippen LogP contribution in [-0.2, 0) is 9.59 Å². The van der Waals surface area contributed by atoms with Crippen LogP contribution in [0.3, 0.4) is 0 Å². The van der Waals surface area contributed by atoms with Gasteiger partial charge in [0.05, 0.1) is 0 Å². The average molecular weight is 354 g/mol. The van der Waals surface area contributed by atoms with E-state index in [0.717, 1.165) is 52.4 Å². The molecule has 2 heterocycles. The summed E-state index contributed by atoms with van der Waals surface area (Å²) in [7, 11) is 4.15. The van der Waals surface area contributed by atoms with E-state index < -0.39 is 5.41 Å². The van der Waals surface area contributed by atoms with Gasteiger partial charge in [0.15, 0.2) is 0 Å². The van der Waals surface area contributed by atoms with Crippen LogP contribution in [-0.4, -0.2) is 98.1 Å². The number of piperazine rings is 2. The zero-order valence-electron chi connectivity index (χ0n) is 16.2. The molecule has 0 spiro atoms. The van der Waals surface area contributed by atoms with E-state index >= 15 is 0 Å². The Morgan fingerprint density at radius 2 is 1.04 bits per heavy atom. The van der Waals surface area contributed by atoms with Gasteiger partial charge in [0.1, 0.15) is 5.41 Å². The fourth-order valence-corrected chi connectivity index (χ4v) is 3.33. The minimum atomic E-state index is -1.02. The molecule has 8 heteroatoms. The summed E-state index contributed by atoms with van der Waals surface area (Å²) in [5, 5.41) is 3.87. The first kappa shape index (κ1) is 20.1. The summed E-state index contributed by atoms with van der Waals surface area (Å²) < 4.78 is 0. The predicted octanol–water partition coefficient (Wildman–Crippen LogP) is -0.650. The van der Waals surface area contributed by atoms with E-state index in [9.17, 15) is 9.59 Å². The molecule has 0 bridgehead atoms. The van der Waals surface area contributed by atoms with Crippen molar-refractivity contribution in [3.8, 4) is 0 Å². The number of likely N-dealkylation sites (N-methyl/N-ethyl adjacent to an activating group) is 2. The molecule has 2 fully saturated rings. The summed E-state index contributed by atoms with van der Waals surface area (Å²) in [5.41, 5.74) is 4.95. The van der Waals surface area contributed by atoms with E-state index in [0.29, 0.717) is 12.8 Å². The maximum atomic E-state index is 13.0. The highest BCUT2D eigenvalue weighted by Crippen LogP contribution is 2.27. The van der Waals surface area contributed by atoms with Crippen molar-refractivity contribution in [2.24, 2.45) is 5.41 Å². The quantitative estimate of drug-likeness (QED) is 0.618. The van der Waals surface area contributed by atoms with Gasteiger partial charge in [-0.15, -0.1) is 0 Å². The second-order valence-corrected chi connectivity index (χ2v) is 7.25. The van der Waals surface area contributed by atoms with E-state index in [1.807, 2.05) is 23.9 Å². The minimum absolute atomic E-state index is 0.186.